The number of hydrogen-bond acceptors (Lipinski definition) is 4. The fourth-order valence-electron chi connectivity index (χ4n) is 1.69. The van der Waals surface area contributed by atoms with Gasteiger partial charge in [-0.2, -0.15) is 10.1 Å². The molecular formula is C14H14N2O3. The Morgan fingerprint density at radius 2 is 2.21 bits per heavy atom. The summed E-state index contributed by atoms with van der Waals surface area (Å²) >= 11 is 0. The van der Waals surface area contributed by atoms with E-state index >= 15 is 0 Å². The summed E-state index contributed by atoms with van der Waals surface area (Å²) in [7, 11) is 0. The van der Waals surface area contributed by atoms with Crippen molar-refractivity contribution in [3.63, 3.8) is 0 Å². The van der Waals surface area contributed by atoms with Gasteiger partial charge in [-0.25, -0.2) is 4.79 Å². The lowest BCUT2D eigenvalue weighted by molar-refractivity contribution is -0.114. The average Bonchev–Trinajstić information content (AvgIpc) is 2.67. The molecule has 0 spiro atoms. The first kappa shape index (κ1) is 13.0. The number of ether oxygens (including phenoxy) is 1. The lowest BCUT2D eigenvalue weighted by Gasteiger charge is -2.12. The monoisotopic (exact) mass is 258 g/mol. The molecule has 0 radical (unpaired) electrons. The Labute approximate surface area is 111 Å². The molecule has 5 heteroatoms. The van der Waals surface area contributed by atoms with Crippen LogP contribution in [-0.4, -0.2) is 24.2 Å². The molecule has 0 unspecified atom stereocenters. The van der Waals surface area contributed by atoms with E-state index in [-0.39, 0.29) is 5.91 Å². The first-order chi connectivity index (χ1) is 9.04. The summed E-state index contributed by atoms with van der Waals surface area (Å²) in [6.07, 6.45) is 0. The van der Waals surface area contributed by atoms with Crippen molar-refractivity contribution in [2.45, 2.75) is 13.8 Å². The molecule has 0 aromatic heterocycles. The number of benzene rings is 1. The number of nitrogens with zero attached hydrogens (tertiary/aromatic N) is 2. The van der Waals surface area contributed by atoms with Crippen LogP contribution >= 0.6 is 0 Å². The van der Waals surface area contributed by atoms with E-state index in [0.717, 1.165) is 0 Å². The molecule has 0 bridgehead atoms. The van der Waals surface area contributed by atoms with Crippen molar-refractivity contribution >= 4 is 23.3 Å². The Balaban J connectivity index is 2.32. The van der Waals surface area contributed by atoms with E-state index < -0.39 is 5.97 Å². The molecule has 0 saturated heterocycles. The Morgan fingerprint density at radius 3 is 2.79 bits per heavy atom. The van der Waals surface area contributed by atoms with Crippen LogP contribution in [0.3, 0.4) is 0 Å². The maximum atomic E-state index is 11.9. The summed E-state index contributed by atoms with van der Waals surface area (Å²) in [4.78, 5) is 23.6. The lowest BCUT2D eigenvalue weighted by Crippen LogP contribution is -2.21. The topological polar surface area (TPSA) is 59.0 Å². The third-order valence-electron chi connectivity index (χ3n) is 2.74. The first-order valence-electron chi connectivity index (χ1n) is 5.90. The smallest absolute Gasteiger partial charge is 0.338 e. The third kappa shape index (κ3) is 2.40. The van der Waals surface area contributed by atoms with Gasteiger partial charge in [-0.3, -0.25) is 4.79 Å². The van der Waals surface area contributed by atoms with Gasteiger partial charge in [0.05, 0.1) is 29.1 Å². The number of hydrogen-bond donors (Lipinski definition) is 0. The van der Waals surface area contributed by atoms with Crippen LogP contribution in [0.2, 0.25) is 0 Å². The molecule has 0 aliphatic carbocycles. The molecule has 0 N–H and O–H groups in total. The summed E-state index contributed by atoms with van der Waals surface area (Å²) in [6.45, 7) is 7.43. The average molecular weight is 258 g/mol. The van der Waals surface area contributed by atoms with Crippen LogP contribution in [0.15, 0.2) is 41.5 Å². The number of carbonyl (C=O) groups is 2. The van der Waals surface area contributed by atoms with Gasteiger partial charge < -0.3 is 4.74 Å². The number of amides is 1. The van der Waals surface area contributed by atoms with Crippen LogP contribution in [0.5, 0.6) is 0 Å². The second kappa shape index (κ2) is 5.06. The Kier molecular flexibility index (Phi) is 3.46. The van der Waals surface area contributed by atoms with Gasteiger partial charge in [0, 0.05) is 0 Å². The Hall–Kier alpha value is -2.43. The lowest BCUT2D eigenvalue weighted by atomic mass is 10.2. The minimum atomic E-state index is -0.421. The highest BCUT2D eigenvalue weighted by Crippen LogP contribution is 2.23. The normalized spacial score (nSPS) is 14.6. The van der Waals surface area contributed by atoms with Crippen LogP contribution in [0, 0.1) is 0 Å². The molecule has 2 rings (SSSR count). The zero-order chi connectivity index (χ0) is 14.0. The summed E-state index contributed by atoms with van der Waals surface area (Å²) in [5.74, 6) is -0.700. The zero-order valence-electron chi connectivity index (χ0n) is 10.8. The maximum absolute atomic E-state index is 11.9. The molecule has 98 valence electrons. The molecule has 1 amide bonds. The third-order valence-corrected chi connectivity index (χ3v) is 2.74. The standard InChI is InChI=1S/C14H14N2O3/c1-4-19-14(18)11-6-5-7-12(8-11)16-13(17)9(2)10(3)15-16/h5-8H,2,4H2,1,3H3. The van der Waals surface area contributed by atoms with E-state index in [9.17, 15) is 9.59 Å². The predicted molar refractivity (Wildman–Crippen MR) is 72.1 cm³/mol. The largest absolute Gasteiger partial charge is 0.462 e. The zero-order valence-corrected chi connectivity index (χ0v) is 10.8. The van der Waals surface area contributed by atoms with Crippen molar-refractivity contribution in [2.75, 3.05) is 11.6 Å². The molecule has 5 nitrogen and oxygen atoms in total. The van der Waals surface area contributed by atoms with Crippen LogP contribution in [0.4, 0.5) is 5.69 Å². The summed E-state index contributed by atoms with van der Waals surface area (Å²) in [5.41, 5.74) is 1.85. The van der Waals surface area contributed by atoms with Gasteiger partial charge in [-0.05, 0) is 32.0 Å². The van der Waals surface area contributed by atoms with E-state index in [1.807, 2.05) is 0 Å². The molecule has 0 saturated carbocycles. The minimum absolute atomic E-state index is 0.279. The number of hydrazone groups is 1. The van der Waals surface area contributed by atoms with Gasteiger partial charge in [-0.15, -0.1) is 0 Å². The molecule has 1 aliphatic heterocycles. The second-order valence-electron chi connectivity index (χ2n) is 4.05. The van der Waals surface area contributed by atoms with Gasteiger partial charge in [-0.1, -0.05) is 12.6 Å². The molecular weight excluding hydrogens is 244 g/mol. The predicted octanol–water partition coefficient (Wildman–Crippen LogP) is 2.14. The van der Waals surface area contributed by atoms with Crippen molar-refractivity contribution in [2.24, 2.45) is 5.10 Å². The highest BCUT2D eigenvalue weighted by Gasteiger charge is 2.27. The number of esters is 1. The van der Waals surface area contributed by atoms with Crippen molar-refractivity contribution in [1.29, 1.82) is 0 Å². The molecule has 0 fully saturated rings. The van der Waals surface area contributed by atoms with Crippen LogP contribution < -0.4 is 5.01 Å². The van der Waals surface area contributed by atoms with Gasteiger partial charge in [0.15, 0.2) is 0 Å². The number of carbonyl (C=O) groups excluding carboxylic acids is 2. The summed E-state index contributed by atoms with van der Waals surface area (Å²) < 4.78 is 4.92. The Bertz CT molecular complexity index is 590. The van der Waals surface area contributed by atoms with Gasteiger partial charge in [0.1, 0.15) is 0 Å². The number of anilines is 1. The van der Waals surface area contributed by atoms with E-state index in [4.69, 9.17) is 4.74 Å². The van der Waals surface area contributed by atoms with Crippen molar-refractivity contribution in [3.05, 3.63) is 42.0 Å². The minimum Gasteiger partial charge on any atom is -0.462 e. The molecule has 1 aliphatic rings. The van der Waals surface area contributed by atoms with E-state index in [1.54, 1.807) is 38.1 Å². The molecule has 1 aromatic rings. The van der Waals surface area contributed by atoms with Crippen LogP contribution in [-0.2, 0) is 9.53 Å². The SMILES string of the molecule is C=C1C(=O)N(c2cccc(C(=O)OCC)c2)N=C1C. The highest BCUT2D eigenvalue weighted by molar-refractivity contribution is 6.29. The highest BCUT2D eigenvalue weighted by atomic mass is 16.5. The van der Waals surface area contributed by atoms with Crippen LogP contribution in [0.25, 0.3) is 0 Å². The van der Waals surface area contributed by atoms with Gasteiger partial charge >= 0.3 is 5.97 Å². The van der Waals surface area contributed by atoms with Crippen molar-refractivity contribution in [1.82, 2.24) is 0 Å². The first-order valence-corrected chi connectivity index (χ1v) is 5.90. The molecule has 19 heavy (non-hydrogen) atoms. The van der Waals surface area contributed by atoms with Crippen LogP contribution in [0.1, 0.15) is 24.2 Å². The Morgan fingerprint density at radius 1 is 1.47 bits per heavy atom. The number of rotatable bonds is 3. The van der Waals surface area contributed by atoms with E-state index in [1.165, 1.54) is 5.01 Å². The maximum Gasteiger partial charge on any atom is 0.338 e. The fraction of sp³-hybridized carbons (Fsp3) is 0.214. The molecule has 1 aromatic carbocycles. The fourth-order valence-corrected chi connectivity index (χ4v) is 1.69. The van der Waals surface area contributed by atoms with Gasteiger partial charge in [0.2, 0.25) is 0 Å². The van der Waals surface area contributed by atoms with Crippen molar-refractivity contribution < 1.29 is 14.3 Å². The quantitative estimate of drug-likeness (QED) is 0.616. The van der Waals surface area contributed by atoms with E-state index in [2.05, 4.69) is 11.7 Å². The summed E-state index contributed by atoms with van der Waals surface area (Å²) in [5, 5.41) is 5.35. The van der Waals surface area contributed by atoms with Crippen molar-refractivity contribution in [3.8, 4) is 0 Å². The molecule has 0 atom stereocenters. The molecule has 1 heterocycles. The second-order valence-corrected chi connectivity index (χ2v) is 4.05. The van der Waals surface area contributed by atoms with Gasteiger partial charge in [0.25, 0.3) is 5.91 Å². The van der Waals surface area contributed by atoms with E-state index in [0.29, 0.717) is 29.1 Å². The summed E-state index contributed by atoms with van der Waals surface area (Å²) in [6, 6.07) is 6.59.